The lowest BCUT2D eigenvalue weighted by atomic mass is 9.83. The third-order valence-corrected chi connectivity index (χ3v) is 4.36. The summed E-state index contributed by atoms with van der Waals surface area (Å²) in [6.45, 7) is 2.12. The highest BCUT2D eigenvalue weighted by Gasteiger charge is 2.18. The van der Waals surface area contributed by atoms with Crippen molar-refractivity contribution in [2.75, 3.05) is 13.1 Å². The van der Waals surface area contributed by atoms with Crippen LogP contribution in [-0.2, 0) is 19.9 Å². The van der Waals surface area contributed by atoms with Crippen molar-refractivity contribution in [3.63, 3.8) is 0 Å². The molecule has 1 aliphatic carbocycles. The fraction of sp³-hybridized carbons (Fsp3) is 0.471. The largest absolute Gasteiger partial charge is 0.316 e. The van der Waals surface area contributed by atoms with Crippen LogP contribution in [0.25, 0.3) is 0 Å². The van der Waals surface area contributed by atoms with Gasteiger partial charge in [0.05, 0.1) is 0 Å². The topological polar surface area (TPSA) is 29.9 Å². The Bertz CT molecular complexity index is 559. The molecule has 0 bridgehead atoms. The van der Waals surface area contributed by atoms with E-state index in [1.807, 2.05) is 17.9 Å². The van der Waals surface area contributed by atoms with Crippen molar-refractivity contribution in [1.29, 1.82) is 0 Å². The van der Waals surface area contributed by atoms with Gasteiger partial charge >= 0.3 is 0 Å². The smallest absolute Gasteiger partial charge is 0.0492 e. The van der Waals surface area contributed by atoms with Gasteiger partial charge in [0.25, 0.3) is 0 Å². The molecule has 0 spiro atoms. The molecule has 20 heavy (non-hydrogen) atoms. The molecule has 0 aliphatic heterocycles. The van der Waals surface area contributed by atoms with Crippen LogP contribution < -0.4 is 5.32 Å². The van der Waals surface area contributed by atoms with Gasteiger partial charge in [-0.05, 0) is 42.4 Å². The van der Waals surface area contributed by atoms with E-state index in [9.17, 15) is 0 Å². The summed E-state index contributed by atoms with van der Waals surface area (Å²) in [5, 5.41) is 7.82. The van der Waals surface area contributed by atoms with E-state index in [1.54, 1.807) is 11.1 Å². The first kappa shape index (κ1) is 13.4. The van der Waals surface area contributed by atoms with E-state index >= 15 is 0 Å². The number of hydrogen-bond acceptors (Lipinski definition) is 2. The first-order valence-electron chi connectivity index (χ1n) is 7.60. The predicted molar refractivity (Wildman–Crippen MR) is 81.9 cm³/mol. The van der Waals surface area contributed by atoms with E-state index in [0.717, 1.165) is 19.5 Å². The minimum Gasteiger partial charge on any atom is -0.316 e. The Morgan fingerprint density at radius 3 is 3.05 bits per heavy atom. The average molecular weight is 269 g/mol. The molecular formula is C17H23N3. The van der Waals surface area contributed by atoms with Gasteiger partial charge in [0.1, 0.15) is 0 Å². The van der Waals surface area contributed by atoms with Crippen molar-refractivity contribution in [3.05, 3.63) is 53.3 Å². The molecule has 1 atom stereocenters. The highest BCUT2D eigenvalue weighted by atomic mass is 15.3. The number of aryl methyl sites for hydroxylation is 2. The molecule has 0 fully saturated rings. The molecule has 1 unspecified atom stereocenters. The summed E-state index contributed by atoms with van der Waals surface area (Å²) in [6, 6.07) is 11.0. The maximum absolute atomic E-state index is 4.20. The molecule has 1 heterocycles. The van der Waals surface area contributed by atoms with Gasteiger partial charge in [0.15, 0.2) is 0 Å². The molecule has 1 aliphatic rings. The van der Waals surface area contributed by atoms with Crippen LogP contribution in [0.1, 0.15) is 35.6 Å². The molecule has 1 aromatic heterocycles. The summed E-state index contributed by atoms with van der Waals surface area (Å²) >= 11 is 0. The Labute approximate surface area is 121 Å². The van der Waals surface area contributed by atoms with E-state index in [1.165, 1.54) is 25.0 Å². The molecule has 0 saturated heterocycles. The number of benzene rings is 1. The quantitative estimate of drug-likeness (QED) is 0.846. The van der Waals surface area contributed by atoms with E-state index in [-0.39, 0.29) is 0 Å². The Morgan fingerprint density at radius 1 is 1.30 bits per heavy atom. The average Bonchev–Trinajstić information content (AvgIpc) is 2.89. The second-order valence-electron chi connectivity index (χ2n) is 5.69. The zero-order valence-corrected chi connectivity index (χ0v) is 12.2. The predicted octanol–water partition coefficient (Wildman–Crippen LogP) is 2.67. The molecule has 0 amide bonds. The Balaban J connectivity index is 1.51. The minimum atomic E-state index is 0.687. The van der Waals surface area contributed by atoms with Crippen molar-refractivity contribution in [1.82, 2.24) is 15.1 Å². The third kappa shape index (κ3) is 2.93. The molecule has 0 saturated carbocycles. The van der Waals surface area contributed by atoms with Crippen molar-refractivity contribution < 1.29 is 0 Å². The van der Waals surface area contributed by atoms with Gasteiger partial charge in [-0.2, -0.15) is 5.10 Å². The second kappa shape index (κ2) is 6.23. The number of hydrogen-bond donors (Lipinski definition) is 1. The molecule has 1 aromatic carbocycles. The number of nitrogens with one attached hydrogen (secondary N) is 1. The number of rotatable bonds is 5. The highest BCUT2D eigenvalue weighted by molar-refractivity contribution is 5.32. The number of aromatic nitrogens is 2. The molecular weight excluding hydrogens is 246 g/mol. The monoisotopic (exact) mass is 269 g/mol. The summed E-state index contributed by atoms with van der Waals surface area (Å²) in [4.78, 5) is 0. The first-order chi connectivity index (χ1) is 9.84. The van der Waals surface area contributed by atoms with Crippen LogP contribution >= 0.6 is 0 Å². The molecule has 3 rings (SSSR count). The van der Waals surface area contributed by atoms with E-state index < -0.39 is 0 Å². The van der Waals surface area contributed by atoms with Gasteiger partial charge in [-0.1, -0.05) is 24.3 Å². The molecule has 106 valence electrons. The Morgan fingerprint density at radius 2 is 2.20 bits per heavy atom. The van der Waals surface area contributed by atoms with Crippen molar-refractivity contribution >= 4 is 0 Å². The molecule has 3 nitrogen and oxygen atoms in total. The van der Waals surface area contributed by atoms with Gasteiger partial charge < -0.3 is 5.32 Å². The van der Waals surface area contributed by atoms with E-state index in [4.69, 9.17) is 0 Å². The van der Waals surface area contributed by atoms with Crippen LogP contribution in [0.3, 0.4) is 0 Å². The lowest BCUT2D eigenvalue weighted by molar-refractivity contribution is 0.506. The highest BCUT2D eigenvalue weighted by Crippen LogP contribution is 2.30. The first-order valence-corrected chi connectivity index (χ1v) is 7.60. The van der Waals surface area contributed by atoms with Gasteiger partial charge in [-0.3, -0.25) is 4.68 Å². The van der Waals surface area contributed by atoms with Crippen molar-refractivity contribution in [3.8, 4) is 0 Å². The molecule has 1 N–H and O–H groups in total. The lowest BCUT2D eigenvalue weighted by Gasteiger charge is -2.25. The summed E-state index contributed by atoms with van der Waals surface area (Å²) in [7, 11) is 2.01. The fourth-order valence-electron chi connectivity index (χ4n) is 3.21. The maximum atomic E-state index is 4.20. The second-order valence-corrected chi connectivity index (χ2v) is 5.69. The third-order valence-electron chi connectivity index (χ3n) is 4.36. The lowest BCUT2D eigenvalue weighted by Crippen LogP contribution is -2.26. The van der Waals surface area contributed by atoms with Crippen molar-refractivity contribution in [2.45, 2.75) is 31.6 Å². The molecule has 0 radical (unpaired) electrons. The van der Waals surface area contributed by atoms with Crippen LogP contribution in [-0.4, -0.2) is 22.9 Å². The zero-order chi connectivity index (χ0) is 13.8. The standard InChI is InChI=1S/C17H23N3/c1-20-16(10-12-19-20)9-11-18-13-15-7-4-6-14-5-2-3-8-17(14)15/h2-3,5,8,10,12,15,18H,4,6-7,9,11,13H2,1H3. The van der Waals surface area contributed by atoms with Crippen LogP contribution in [0.5, 0.6) is 0 Å². The summed E-state index contributed by atoms with van der Waals surface area (Å²) in [6.07, 6.45) is 6.81. The van der Waals surface area contributed by atoms with Gasteiger partial charge in [0, 0.05) is 38.4 Å². The molecule has 3 heteroatoms. The number of nitrogens with zero attached hydrogens (tertiary/aromatic N) is 2. The summed E-state index contributed by atoms with van der Waals surface area (Å²) in [5.74, 6) is 0.687. The van der Waals surface area contributed by atoms with Crippen LogP contribution in [0.15, 0.2) is 36.5 Å². The summed E-state index contributed by atoms with van der Waals surface area (Å²) < 4.78 is 1.96. The van der Waals surface area contributed by atoms with E-state index in [2.05, 4.69) is 40.7 Å². The fourth-order valence-corrected chi connectivity index (χ4v) is 3.21. The maximum Gasteiger partial charge on any atom is 0.0492 e. The Hall–Kier alpha value is -1.61. The normalized spacial score (nSPS) is 17.9. The van der Waals surface area contributed by atoms with Crippen molar-refractivity contribution in [2.24, 2.45) is 7.05 Å². The summed E-state index contributed by atoms with van der Waals surface area (Å²) in [5.41, 5.74) is 4.41. The zero-order valence-electron chi connectivity index (χ0n) is 12.2. The Kier molecular flexibility index (Phi) is 4.16. The number of fused-ring (bicyclic) bond motifs is 1. The SMILES string of the molecule is Cn1nccc1CCNCC1CCCc2ccccc21. The van der Waals surface area contributed by atoms with Crippen LogP contribution in [0.4, 0.5) is 0 Å². The van der Waals surface area contributed by atoms with Gasteiger partial charge in [-0.25, -0.2) is 0 Å². The minimum absolute atomic E-state index is 0.687. The van der Waals surface area contributed by atoms with Gasteiger partial charge in [-0.15, -0.1) is 0 Å². The molecule has 2 aromatic rings. The van der Waals surface area contributed by atoms with E-state index in [0.29, 0.717) is 5.92 Å². The van der Waals surface area contributed by atoms with Gasteiger partial charge in [0.2, 0.25) is 0 Å². The van der Waals surface area contributed by atoms with Crippen LogP contribution in [0, 0.1) is 0 Å². The van der Waals surface area contributed by atoms with Crippen LogP contribution in [0.2, 0.25) is 0 Å².